The van der Waals surface area contributed by atoms with E-state index in [1.165, 1.54) is 0 Å². The molecule has 0 saturated heterocycles. The minimum atomic E-state index is 0.0208. The van der Waals surface area contributed by atoms with Gasteiger partial charge in [-0.05, 0) is 40.7 Å². The maximum absolute atomic E-state index is 6.15. The van der Waals surface area contributed by atoms with E-state index in [-0.39, 0.29) is 11.6 Å². The second-order valence-corrected chi connectivity index (χ2v) is 6.36. The first kappa shape index (κ1) is 17.2. The summed E-state index contributed by atoms with van der Waals surface area (Å²) in [6.07, 6.45) is 0.211. The Balaban J connectivity index is 2.53. The van der Waals surface area contributed by atoms with Crippen LogP contribution in [0.15, 0.2) is 12.1 Å². The van der Waals surface area contributed by atoms with Crippen LogP contribution in [0.4, 0.5) is 0 Å². The molecule has 0 unspecified atom stereocenters. The average Bonchev–Trinajstić information content (AvgIpc) is 2.33. The molecule has 4 nitrogen and oxygen atoms in total. The molecule has 1 heterocycles. The summed E-state index contributed by atoms with van der Waals surface area (Å²) >= 11 is 6.15. The van der Waals surface area contributed by atoms with E-state index < -0.39 is 0 Å². The van der Waals surface area contributed by atoms with E-state index in [0.717, 1.165) is 5.69 Å². The highest BCUT2D eigenvalue weighted by atomic mass is 35.5. The maximum atomic E-state index is 6.15. The van der Waals surface area contributed by atoms with Crippen molar-refractivity contribution >= 4 is 11.6 Å². The van der Waals surface area contributed by atoms with Crippen LogP contribution in [0.3, 0.4) is 0 Å². The van der Waals surface area contributed by atoms with Crippen molar-refractivity contribution in [3.05, 3.63) is 22.8 Å². The number of ether oxygens (including phenoxy) is 2. The Morgan fingerprint density at radius 3 is 2.55 bits per heavy atom. The van der Waals surface area contributed by atoms with E-state index in [2.05, 4.69) is 31.1 Å². The normalized spacial score (nSPS) is 11.9. The van der Waals surface area contributed by atoms with Crippen LogP contribution in [-0.4, -0.2) is 29.8 Å². The van der Waals surface area contributed by atoms with Crippen LogP contribution in [-0.2, 0) is 11.3 Å². The van der Waals surface area contributed by atoms with Gasteiger partial charge in [-0.3, -0.25) is 0 Å². The van der Waals surface area contributed by atoms with Gasteiger partial charge in [0.15, 0.2) is 0 Å². The highest BCUT2D eigenvalue weighted by Gasteiger charge is 2.11. The molecule has 1 aromatic rings. The number of hydrogen-bond donors (Lipinski definition) is 1. The second kappa shape index (κ2) is 7.81. The Kier molecular flexibility index (Phi) is 6.72. The van der Waals surface area contributed by atoms with Crippen molar-refractivity contribution in [1.29, 1.82) is 0 Å². The van der Waals surface area contributed by atoms with Crippen LogP contribution < -0.4 is 10.1 Å². The third-order valence-corrected chi connectivity index (χ3v) is 2.81. The van der Waals surface area contributed by atoms with Gasteiger partial charge >= 0.3 is 0 Å². The predicted octanol–water partition coefficient (Wildman–Crippen LogP) is 3.43. The van der Waals surface area contributed by atoms with Crippen molar-refractivity contribution in [1.82, 2.24) is 10.3 Å². The molecular weight excluding hydrogens is 276 g/mol. The number of nitrogens with zero attached hydrogens (tertiary/aromatic N) is 1. The third kappa shape index (κ3) is 7.08. The molecule has 0 aromatic carbocycles. The van der Waals surface area contributed by atoms with Crippen molar-refractivity contribution in [2.75, 3.05) is 13.2 Å². The Morgan fingerprint density at radius 1 is 1.25 bits per heavy atom. The van der Waals surface area contributed by atoms with E-state index in [1.807, 2.05) is 19.9 Å². The quantitative estimate of drug-likeness (QED) is 0.784. The summed E-state index contributed by atoms with van der Waals surface area (Å²) in [6.45, 7) is 12.0. The number of nitrogens with one attached hydrogen (secondary N) is 1. The summed E-state index contributed by atoms with van der Waals surface area (Å²) in [5.74, 6) is 0.576. The van der Waals surface area contributed by atoms with Crippen LogP contribution in [0.5, 0.6) is 5.88 Å². The van der Waals surface area contributed by atoms with Gasteiger partial charge in [0.2, 0.25) is 5.88 Å². The molecule has 20 heavy (non-hydrogen) atoms. The van der Waals surface area contributed by atoms with E-state index in [9.17, 15) is 0 Å². The van der Waals surface area contributed by atoms with Gasteiger partial charge in [-0.25, -0.2) is 4.98 Å². The zero-order valence-electron chi connectivity index (χ0n) is 13.0. The molecule has 1 aromatic heterocycles. The summed E-state index contributed by atoms with van der Waals surface area (Å²) in [7, 11) is 0. The third-order valence-electron chi connectivity index (χ3n) is 2.46. The molecule has 0 saturated carbocycles. The fourth-order valence-corrected chi connectivity index (χ4v) is 1.62. The standard InChI is InChI=1S/C15H25ClN2O2/c1-11(2)19-8-9-20-14-7-6-12(16)13(18-14)10-17-15(3,4)5/h6-7,11,17H,8-10H2,1-5H3. The smallest absolute Gasteiger partial charge is 0.213 e. The van der Waals surface area contributed by atoms with Gasteiger partial charge in [0.1, 0.15) is 6.61 Å². The first-order chi connectivity index (χ1) is 9.28. The topological polar surface area (TPSA) is 43.4 Å². The molecule has 1 N–H and O–H groups in total. The van der Waals surface area contributed by atoms with Crippen LogP contribution in [0, 0.1) is 0 Å². The lowest BCUT2D eigenvalue weighted by Crippen LogP contribution is -2.35. The molecule has 0 bridgehead atoms. The molecule has 5 heteroatoms. The molecule has 114 valence electrons. The number of halogens is 1. The summed E-state index contributed by atoms with van der Waals surface area (Å²) in [4.78, 5) is 4.42. The predicted molar refractivity (Wildman–Crippen MR) is 82.4 cm³/mol. The van der Waals surface area contributed by atoms with Gasteiger partial charge in [-0.2, -0.15) is 0 Å². The zero-order valence-corrected chi connectivity index (χ0v) is 13.8. The molecule has 1 rings (SSSR count). The lowest BCUT2D eigenvalue weighted by Gasteiger charge is -2.20. The van der Waals surface area contributed by atoms with Crippen LogP contribution in [0.2, 0.25) is 5.02 Å². The van der Waals surface area contributed by atoms with Gasteiger partial charge in [0.25, 0.3) is 0 Å². The molecule has 0 aliphatic carbocycles. The summed E-state index contributed by atoms with van der Waals surface area (Å²) in [5.41, 5.74) is 0.816. The number of hydrogen-bond acceptors (Lipinski definition) is 4. The number of rotatable bonds is 7. The molecule has 0 amide bonds. The molecule has 0 fully saturated rings. The highest BCUT2D eigenvalue weighted by Crippen LogP contribution is 2.18. The minimum Gasteiger partial charge on any atom is -0.475 e. The van der Waals surface area contributed by atoms with E-state index in [4.69, 9.17) is 21.1 Å². The number of pyridine rings is 1. The fourth-order valence-electron chi connectivity index (χ4n) is 1.45. The second-order valence-electron chi connectivity index (χ2n) is 5.95. The van der Waals surface area contributed by atoms with Crippen LogP contribution in [0.1, 0.15) is 40.3 Å². The molecule has 0 radical (unpaired) electrons. The zero-order chi connectivity index (χ0) is 15.2. The highest BCUT2D eigenvalue weighted by molar-refractivity contribution is 6.31. The van der Waals surface area contributed by atoms with E-state index >= 15 is 0 Å². The van der Waals surface area contributed by atoms with Crippen molar-refractivity contribution in [2.45, 2.75) is 52.8 Å². The summed E-state index contributed by atoms with van der Waals surface area (Å²) < 4.78 is 11.0. The van der Waals surface area contributed by atoms with Crippen molar-refractivity contribution in [3.63, 3.8) is 0 Å². The Bertz CT molecular complexity index is 417. The monoisotopic (exact) mass is 300 g/mol. The van der Waals surface area contributed by atoms with E-state index in [1.54, 1.807) is 6.07 Å². The van der Waals surface area contributed by atoms with Gasteiger partial charge in [0, 0.05) is 18.2 Å². The first-order valence-corrected chi connectivity index (χ1v) is 7.30. The molecule has 0 aliphatic heterocycles. The van der Waals surface area contributed by atoms with Crippen molar-refractivity contribution < 1.29 is 9.47 Å². The Labute approximate surface area is 126 Å². The molecule has 0 aliphatic rings. The van der Waals surface area contributed by atoms with Gasteiger partial charge < -0.3 is 14.8 Å². The Morgan fingerprint density at radius 2 is 1.95 bits per heavy atom. The summed E-state index contributed by atoms with van der Waals surface area (Å²) in [6, 6.07) is 3.59. The van der Waals surface area contributed by atoms with Crippen LogP contribution in [0.25, 0.3) is 0 Å². The van der Waals surface area contributed by atoms with Gasteiger partial charge in [0.05, 0.1) is 23.4 Å². The van der Waals surface area contributed by atoms with Crippen molar-refractivity contribution in [2.24, 2.45) is 0 Å². The molecule has 0 atom stereocenters. The lowest BCUT2D eigenvalue weighted by molar-refractivity contribution is 0.0542. The minimum absolute atomic E-state index is 0.0208. The SMILES string of the molecule is CC(C)OCCOc1ccc(Cl)c(CNC(C)(C)C)n1. The van der Waals surface area contributed by atoms with Gasteiger partial charge in [-0.15, -0.1) is 0 Å². The first-order valence-electron chi connectivity index (χ1n) is 6.93. The van der Waals surface area contributed by atoms with Gasteiger partial charge in [-0.1, -0.05) is 11.6 Å². The number of aromatic nitrogens is 1. The lowest BCUT2D eigenvalue weighted by atomic mass is 10.1. The average molecular weight is 301 g/mol. The largest absolute Gasteiger partial charge is 0.475 e. The maximum Gasteiger partial charge on any atom is 0.213 e. The molecular formula is C15H25ClN2O2. The van der Waals surface area contributed by atoms with Crippen molar-refractivity contribution in [3.8, 4) is 5.88 Å². The Hall–Kier alpha value is -0.840. The summed E-state index contributed by atoms with van der Waals surface area (Å²) in [5, 5.41) is 4.01. The fraction of sp³-hybridized carbons (Fsp3) is 0.667. The van der Waals surface area contributed by atoms with Crippen LogP contribution >= 0.6 is 11.6 Å². The van der Waals surface area contributed by atoms with E-state index in [0.29, 0.717) is 30.7 Å². The molecule has 0 spiro atoms.